The van der Waals surface area contributed by atoms with Gasteiger partial charge in [0.1, 0.15) is 5.82 Å². The molecule has 19 heavy (non-hydrogen) atoms. The quantitative estimate of drug-likeness (QED) is 0.816. The van der Waals surface area contributed by atoms with Crippen LogP contribution in [0.4, 0.5) is 11.5 Å². The molecule has 0 spiro atoms. The minimum absolute atomic E-state index is 0.666. The molecule has 0 saturated carbocycles. The van der Waals surface area contributed by atoms with Crippen LogP contribution < -0.4 is 16.0 Å². The standard InChI is InChI=1S/C13H16N6/c14-11-1-2-16-7-10(11)12-8-18-13(9-17-12)19-5-3-15-4-6-19/h1-2,7-9,15H,3-6H2,(H2,14,16). The molecule has 1 aliphatic heterocycles. The van der Waals surface area contributed by atoms with Crippen molar-refractivity contribution in [1.29, 1.82) is 0 Å². The molecule has 3 heterocycles. The molecule has 2 aromatic heterocycles. The van der Waals surface area contributed by atoms with Gasteiger partial charge in [-0.15, -0.1) is 0 Å². The van der Waals surface area contributed by atoms with Crippen LogP contribution in [0, 0.1) is 0 Å². The van der Waals surface area contributed by atoms with Crippen LogP contribution in [0.25, 0.3) is 11.3 Å². The molecule has 0 radical (unpaired) electrons. The van der Waals surface area contributed by atoms with E-state index in [0.29, 0.717) is 5.69 Å². The van der Waals surface area contributed by atoms with E-state index in [-0.39, 0.29) is 0 Å². The van der Waals surface area contributed by atoms with Gasteiger partial charge in [-0.3, -0.25) is 9.97 Å². The maximum Gasteiger partial charge on any atom is 0.147 e. The number of nitrogen functional groups attached to an aromatic ring is 1. The monoisotopic (exact) mass is 256 g/mol. The minimum Gasteiger partial charge on any atom is -0.398 e. The van der Waals surface area contributed by atoms with E-state index in [1.54, 1.807) is 30.9 Å². The minimum atomic E-state index is 0.666. The Balaban J connectivity index is 1.84. The summed E-state index contributed by atoms with van der Waals surface area (Å²) < 4.78 is 0. The lowest BCUT2D eigenvalue weighted by atomic mass is 10.2. The van der Waals surface area contributed by atoms with Crippen molar-refractivity contribution in [3.8, 4) is 11.3 Å². The Morgan fingerprint density at radius 3 is 2.63 bits per heavy atom. The van der Waals surface area contributed by atoms with Crippen molar-refractivity contribution in [2.45, 2.75) is 0 Å². The average Bonchev–Trinajstić information content (AvgIpc) is 2.49. The summed E-state index contributed by atoms with van der Waals surface area (Å²) >= 11 is 0. The predicted octanol–water partition coefficient (Wildman–Crippen LogP) is 0.530. The van der Waals surface area contributed by atoms with E-state index < -0.39 is 0 Å². The van der Waals surface area contributed by atoms with E-state index in [1.165, 1.54) is 0 Å². The van der Waals surface area contributed by atoms with Gasteiger partial charge in [-0.05, 0) is 6.07 Å². The maximum absolute atomic E-state index is 5.91. The van der Waals surface area contributed by atoms with Gasteiger partial charge < -0.3 is 16.0 Å². The summed E-state index contributed by atoms with van der Waals surface area (Å²) in [6, 6.07) is 1.77. The van der Waals surface area contributed by atoms with Gasteiger partial charge in [-0.25, -0.2) is 4.98 Å². The predicted molar refractivity (Wildman–Crippen MR) is 74.8 cm³/mol. The Labute approximate surface area is 111 Å². The third kappa shape index (κ3) is 2.48. The molecule has 2 aromatic rings. The fourth-order valence-electron chi connectivity index (χ4n) is 2.14. The van der Waals surface area contributed by atoms with Crippen molar-refractivity contribution in [2.75, 3.05) is 36.8 Å². The van der Waals surface area contributed by atoms with Crippen molar-refractivity contribution >= 4 is 11.5 Å². The molecular formula is C13H16N6. The van der Waals surface area contributed by atoms with E-state index in [4.69, 9.17) is 5.73 Å². The molecule has 1 saturated heterocycles. The Kier molecular flexibility index (Phi) is 3.24. The molecule has 0 atom stereocenters. The Morgan fingerprint density at radius 2 is 1.95 bits per heavy atom. The highest BCUT2D eigenvalue weighted by molar-refractivity contribution is 5.72. The summed E-state index contributed by atoms with van der Waals surface area (Å²) in [5.41, 5.74) is 8.15. The number of aromatic nitrogens is 3. The van der Waals surface area contributed by atoms with Crippen LogP contribution in [-0.2, 0) is 0 Å². The summed E-state index contributed by atoms with van der Waals surface area (Å²) in [6.45, 7) is 3.89. The van der Waals surface area contributed by atoms with E-state index >= 15 is 0 Å². The number of anilines is 2. The first-order valence-electron chi connectivity index (χ1n) is 6.32. The summed E-state index contributed by atoms with van der Waals surface area (Å²) in [5, 5.41) is 3.31. The number of hydrogen-bond acceptors (Lipinski definition) is 6. The van der Waals surface area contributed by atoms with Crippen LogP contribution in [0.2, 0.25) is 0 Å². The fraction of sp³-hybridized carbons (Fsp3) is 0.308. The lowest BCUT2D eigenvalue weighted by Gasteiger charge is -2.28. The molecule has 0 aromatic carbocycles. The molecule has 3 N–H and O–H groups in total. The van der Waals surface area contributed by atoms with E-state index in [0.717, 1.165) is 43.3 Å². The molecule has 6 nitrogen and oxygen atoms in total. The second-order valence-corrected chi connectivity index (χ2v) is 4.46. The lowest BCUT2D eigenvalue weighted by Crippen LogP contribution is -2.43. The van der Waals surface area contributed by atoms with Gasteiger partial charge in [0.25, 0.3) is 0 Å². The molecule has 3 rings (SSSR count). The zero-order chi connectivity index (χ0) is 13.1. The number of piperazine rings is 1. The third-order valence-corrected chi connectivity index (χ3v) is 3.21. The first kappa shape index (κ1) is 11.9. The Morgan fingerprint density at radius 1 is 1.11 bits per heavy atom. The highest BCUT2D eigenvalue weighted by Gasteiger charge is 2.12. The molecule has 0 unspecified atom stereocenters. The van der Waals surface area contributed by atoms with Crippen molar-refractivity contribution in [1.82, 2.24) is 20.3 Å². The van der Waals surface area contributed by atoms with Crippen LogP contribution in [0.1, 0.15) is 0 Å². The van der Waals surface area contributed by atoms with Crippen LogP contribution >= 0.6 is 0 Å². The van der Waals surface area contributed by atoms with Crippen LogP contribution in [0.3, 0.4) is 0 Å². The zero-order valence-corrected chi connectivity index (χ0v) is 10.6. The number of rotatable bonds is 2. The maximum atomic E-state index is 5.91. The first-order chi connectivity index (χ1) is 9.34. The SMILES string of the molecule is Nc1ccncc1-c1cnc(N2CCNCC2)cn1. The molecule has 6 heteroatoms. The smallest absolute Gasteiger partial charge is 0.147 e. The highest BCUT2D eigenvalue weighted by atomic mass is 15.2. The fourth-order valence-corrected chi connectivity index (χ4v) is 2.14. The summed E-state index contributed by atoms with van der Waals surface area (Å²) in [7, 11) is 0. The van der Waals surface area contributed by atoms with E-state index in [1.807, 2.05) is 0 Å². The molecule has 98 valence electrons. The van der Waals surface area contributed by atoms with Gasteiger partial charge in [-0.1, -0.05) is 0 Å². The average molecular weight is 256 g/mol. The van der Waals surface area contributed by atoms with Gasteiger partial charge in [-0.2, -0.15) is 0 Å². The molecule has 1 fully saturated rings. The Hall–Kier alpha value is -2.21. The van der Waals surface area contributed by atoms with Gasteiger partial charge in [0, 0.05) is 49.8 Å². The first-order valence-corrected chi connectivity index (χ1v) is 6.32. The number of nitrogens with one attached hydrogen (secondary N) is 1. The number of pyridine rings is 1. The van der Waals surface area contributed by atoms with E-state index in [9.17, 15) is 0 Å². The van der Waals surface area contributed by atoms with E-state index in [2.05, 4.69) is 25.2 Å². The van der Waals surface area contributed by atoms with Gasteiger partial charge in [0.2, 0.25) is 0 Å². The number of nitrogens with zero attached hydrogens (tertiary/aromatic N) is 4. The Bertz CT molecular complexity index is 547. The normalized spacial score (nSPS) is 15.5. The second-order valence-electron chi connectivity index (χ2n) is 4.46. The van der Waals surface area contributed by atoms with Gasteiger partial charge in [0.15, 0.2) is 0 Å². The highest BCUT2D eigenvalue weighted by Crippen LogP contribution is 2.22. The zero-order valence-electron chi connectivity index (χ0n) is 10.6. The molecule has 0 amide bonds. The second kappa shape index (κ2) is 5.19. The number of nitrogens with two attached hydrogens (primary N) is 1. The van der Waals surface area contributed by atoms with Crippen molar-refractivity contribution < 1.29 is 0 Å². The van der Waals surface area contributed by atoms with Crippen LogP contribution in [0.15, 0.2) is 30.9 Å². The topological polar surface area (TPSA) is 80.0 Å². The largest absolute Gasteiger partial charge is 0.398 e. The molecule has 0 bridgehead atoms. The lowest BCUT2D eigenvalue weighted by molar-refractivity contribution is 0.584. The summed E-state index contributed by atoms with van der Waals surface area (Å²) in [5.74, 6) is 0.910. The molecule has 0 aliphatic carbocycles. The van der Waals surface area contributed by atoms with Crippen molar-refractivity contribution in [3.05, 3.63) is 30.9 Å². The van der Waals surface area contributed by atoms with Crippen molar-refractivity contribution in [2.24, 2.45) is 0 Å². The summed E-state index contributed by atoms with van der Waals surface area (Å²) in [6.07, 6.45) is 6.93. The third-order valence-electron chi connectivity index (χ3n) is 3.21. The number of hydrogen-bond donors (Lipinski definition) is 2. The molecule has 1 aliphatic rings. The molecular weight excluding hydrogens is 240 g/mol. The van der Waals surface area contributed by atoms with Gasteiger partial charge >= 0.3 is 0 Å². The van der Waals surface area contributed by atoms with Crippen LogP contribution in [-0.4, -0.2) is 41.1 Å². The summed E-state index contributed by atoms with van der Waals surface area (Å²) in [4.78, 5) is 15.2. The van der Waals surface area contributed by atoms with Gasteiger partial charge in [0.05, 0.1) is 18.1 Å². The van der Waals surface area contributed by atoms with Crippen LogP contribution in [0.5, 0.6) is 0 Å². The van der Waals surface area contributed by atoms with Crippen molar-refractivity contribution in [3.63, 3.8) is 0 Å².